The number of halogens is 2. The van der Waals surface area contributed by atoms with E-state index in [4.69, 9.17) is 0 Å². The van der Waals surface area contributed by atoms with Crippen molar-refractivity contribution in [2.75, 3.05) is 0 Å². The van der Waals surface area contributed by atoms with Crippen LogP contribution in [0.3, 0.4) is 0 Å². The van der Waals surface area contributed by atoms with E-state index < -0.39 is 0 Å². The van der Waals surface area contributed by atoms with Crippen LogP contribution in [0.2, 0.25) is 0 Å². The Balaban J connectivity index is 0.000000174. The van der Waals surface area contributed by atoms with Crippen LogP contribution in [-0.2, 0) is 14.5 Å². The van der Waals surface area contributed by atoms with Crippen molar-refractivity contribution in [2.45, 2.75) is 12.8 Å². The second-order valence-electron chi connectivity index (χ2n) is 2.05. The molecule has 3 heteroatoms. The number of allylic oxidation sites excluding steroid dienone is 8. The van der Waals surface area contributed by atoms with E-state index >= 15 is 0 Å². The minimum atomic E-state index is 0.208. The Kier molecular flexibility index (Phi) is 13.2. The average Bonchev–Trinajstić information content (AvgIpc) is 2.85. The molecule has 0 fully saturated rings. The van der Waals surface area contributed by atoms with Crippen molar-refractivity contribution in [1.82, 2.24) is 0 Å². The minimum absolute atomic E-state index is 0.208. The summed E-state index contributed by atoms with van der Waals surface area (Å²) in [4.78, 5) is 0. The molecule has 2 aliphatic carbocycles. The zero-order valence-electron chi connectivity index (χ0n) is 6.95. The summed E-state index contributed by atoms with van der Waals surface area (Å²) < 4.78 is 0. The van der Waals surface area contributed by atoms with Crippen molar-refractivity contribution in [1.29, 1.82) is 0 Å². The van der Waals surface area contributed by atoms with E-state index in [0.29, 0.717) is 0 Å². The summed E-state index contributed by atoms with van der Waals surface area (Å²) in [6.45, 7) is 0. The maximum absolute atomic E-state index is 3.17. The first-order valence-corrected chi connectivity index (χ1v) is 13.6. The van der Waals surface area contributed by atoms with E-state index in [2.05, 4.69) is 50.9 Å². The predicted octanol–water partition coefficient (Wildman–Crippen LogP) is 4.30. The minimum Gasteiger partial charge on any atom is -0.273 e. The van der Waals surface area contributed by atoms with Crippen molar-refractivity contribution in [3.05, 3.63) is 48.6 Å². The zero-order chi connectivity index (χ0) is 9.78. The third kappa shape index (κ3) is 12.6. The van der Waals surface area contributed by atoms with Crippen molar-refractivity contribution < 1.29 is 14.5 Å². The molecule has 0 nitrogen and oxygen atoms in total. The van der Waals surface area contributed by atoms with Crippen molar-refractivity contribution in [3.8, 4) is 0 Å². The molecule has 2 rings (SSSR count). The van der Waals surface area contributed by atoms with Gasteiger partial charge in [-0.25, -0.2) is 24.3 Å². The summed E-state index contributed by atoms with van der Waals surface area (Å²) in [7, 11) is 0. The Bertz CT molecular complexity index is 163. The summed E-state index contributed by atoms with van der Waals surface area (Å²) in [5, 5.41) is 0. The molecular formula is C10H10Br2Pt. The van der Waals surface area contributed by atoms with Gasteiger partial charge in [0, 0.05) is 0 Å². The topological polar surface area (TPSA) is 0 Å². The van der Waals surface area contributed by atoms with Gasteiger partial charge < -0.3 is 0 Å². The predicted molar refractivity (Wildman–Crippen MR) is 61.0 cm³/mol. The summed E-state index contributed by atoms with van der Waals surface area (Å²) in [6.07, 6.45) is 20.0. The normalized spacial score (nSPS) is 15.2. The zero-order valence-corrected chi connectivity index (χ0v) is 12.4. The number of hydrogen-bond acceptors (Lipinski definition) is 0. The largest absolute Gasteiger partial charge is 0.273 e. The van der Waals surface area contributed by atoms with Gasteiger partial charge in [-0.05, 0) is 0 Å². The number of rotatable bonds is 0. The Morgan fingerprint density at radius 1 is 0.923 bits per heavy atom. The molecule has 0 heterocycles. The molecule has 0 atom stereocenters. The average molecular weight is 485 g/mol. The Hall–Kier alpha value is 0.608. The van der Waals surface area contributed by atoms with Gasteiger partial charge in [-0.15, -0.1) is 12.8 Å². The summed E-state index contributed by atoms with van der Waals surface area (Å²) in [5.41, 5.74) is 0. The van der Waals surface area contributed by atoms with Crippen LogP contribution in [0.25, 0.3) is 0 Å². The smallest absolute Gasteiger partial charge is 0.109 e. The van der Waals surface area contributed by atoms with Gasteiger partial charge >= 0.3 is 41.0 Å². The van der Waals surface area contributed by atoms with Crippen LogP contribution in [-0.4, -0.2) is 0 Å². The SMILES string of the molecule is [Br][Pt+2][Br].[C-]1=CC=CC1.[C-]1=CC=CC1. The van der Waals surface area contributed by atoms with Crippen LogP contribution in [0.4, 0.5) is 0 Å². The van der Waals surface area contributed by atoms with E-state index in [9.17, 15) is 0 Å². The maximum atomic E-state index is 3.17. The third-order valence-electron chi connectivity index (χ3n) is 1.17. The molecule has 0 spiro atoms. The van der Waals surface area contributed by atoms with E-state index in [0.717, 1.165) is 12.8 Å². The molecule has 0 bridgehead atoms. The Morgan fingerprint density at radius 2 is 1.31 bits per heavy atom. The monoisotopic (exact) mass is 483 g/mol. The van der Waals surface area contributed by atoms with E-state index in [1.165, 1.54) is 0 Å². The van der Waals surface area contributed by atoms with Gasteiger partial charge in [-0.3, -0.25) is 12.2 Å². The third-order valence-corrected chi connectivity index (χ3v) is 1.17. The Morgan fingerprint density at radius 3 is 1.38 bits per heavy atom. The van der Waals surface area contributed by atoms with Gasteiger partial charge in [0.25, 0.3) is 0 Å². The van der Waals surface area contributed by atoms with Crippen LogP contribution in [0.15, 0.2) is 36.5 Å². The molecule has 13 heavy (non-hydrogen) atoms. The maximum Gasteiger partial charge on any atom is -0.109 e. The summed E-state index contributed by atoms with van der Waals surface area (Å²) >= 11 is 6.56. The molecule has 0 aromatic rings. The van der Waals surface area contributed by atoms with Crippen molar-refractivity contribution >= 4 is 26.6 Å². The fourth-order valence-corrected chi connectivity index (χ4v) is 0.680. The molecule has 0 radical (unpaired) electrons. The van der Waals surface area contributed by atoms with Crippen molar-refractivity contribution in [2.24, 2.45) is 0 Å². The van der Waals surface area contributed by atoms with E-state index in [1.807, 2.05) is 24.3 Å². The molecule has 0 unspecified atom stereocenters. The van der Waals surface area contributed by atoms with Gasteiger partial charge in [-0.1, -0.05) is 0 Å². The molecule has 74 valence electrons. The summed E-state index contributed by atoms with van der Waals surface area (Å²) in [5.74, 6) is 0. The van der Waals surface area contributed by atoms with Crippen molar-refractivity contribution in [3.63, 3.8) is 0 Å². The van der Waals surface area contributed by atoms with Gasteiger partial charge in [-0.2, -0.15) is 12.2 Å². The van der Waals surface area contributed by atoms with Gasteiger partial charge in [0.2, 0.25) is 0 Å². The molecule has 0 saturated carbocycles. The fraction of sp³-hybridized carbons (Fsp3) is 0.200. The standard InChI is InChI=1S/2C5H5.2BrH.Pt/c2*1-2-4-5-3-1;;;/h2*1-3H,4H2;2*1H;/q2*-1;;;+4/p-2. The molecule has 0 N–H and O–H groups in total. The van der Waals surface area contributed by atoms with E-state index in [1.54, 1.807) is 0 Å². The molecular weight excluding hydrogens is 475 g/mol. The van der Waals surface area contributed by atoms with E-state index in [-0.39, 0.29) is 14.5 Å². The fourth-order valence-electron chi connectivity index (χ4n) is 0.680. The van der Waals surface area contributed by atoms with Gasteiger partial charge in [0.05, 0.1) is 0 Å². The molecule has 0 aliphatic heterocycles. The second kappa shape index (κ2) is 12.6. The van der Waals surface area contributed by atoms with Gasteiger partial charge in [0.15, 0.2) is 0 Å². The van der Waals surface area contributed by atoms with Crippen LogP contribution in [0.5, 0.6) is 0 Å². The first-order valence-electron chi connectivity index (χ1n) is 3.67. The molecule has 0 saturated heterocycles. The first-order chi connectivity index (χ1) is 6.41. The summed E-state index contributed by atoms with van der Waals surface area (Å²) in [6, 6.07) is 0. The van der Waals surface area contributed by atoms with Gasteiger partial charge in [0.1, 0.15) is 0 Å². The second-order valence-corrected chi connectivity index (χ2v) is 12.0. The first kappa shape index (κ1) is 13.6. The molecule has 0 amide bonds. The van der Waals surface area contributed by atoms with Crippen LogP contribution >= 0.6 is 26.6 Å². The van der Waals surface area contributed by atoms with Crippen LogP contribution in [0, 0.1) is 12.2 Å². The van der Waals surface area contributed by atoms with Crippen LogP contribution < -0.4 is 0 Å². The molecule has 0 aromatic carbocycles. The molecule has 0 aromatic heterocycles. The number of hydrogen-bond donors (Lipinski definition) is 0. The Labute approximate surface area is 102 Å². The van der Waals surface area contributed by atoms with Crippen LogP contribution in [0.1, 0.15) is 12.8 Å². The quantitative estimate of drug-likeness (QED) is 0.450. The molecule has 2 aliphatic rings.